The monoisotopic (exact) mass is 284 g/mol. The summed E-state index contributed by atoms with van der Waals surface area (Å²) in [7, 11) is 0. The van der Waals surface area contributed by atoms with Crippen molar-refractivity contribution in [2.75, 3.05) is 6.61 Å². The fourth-order valence-corrected chi connectivity index (χ4v) is 3.38. The van der Waals surface area contributed by atoms with Crippen molar-refractivity contribution in [1.29, 1.82) is 0 Å². The van der Waals surface area contributed by atoms with Crippen molar-refractivity contribution in [3.8, 4) is 0 Å². The van der Waals surface area contributed by atoms with Gasteiger partial charge in [-0.15, -0.1) is 0 Å². The molecule has 0 radical (unpaired) electrons. The molecule has 4 atom stereocenters. The SMILES string of the molecule is C=C(CC1C(O)CC(C)OC1CO)C(CCC)CCC. The van der Waals surface area contributed by atoms with E-state index in [1.807, 2.05) is 6.92 Å². The fourth-order valence-electron chi connectivity index (χ4n) is 3.38. The van der Waals surface area contributed by atoms with Gasteiger partial charge in [0.25, 0.3) is 0 Å². The van der Waals surface area contributed by atoms with Crippen LogP contribution < -0.4 is 0 Å². The summed E-state index contributed by atoms with van der Waals surface area (Å²) in [4.78, 5) is 0. The first kappa shape index (κ1) is 17.7. The van der Waals surface area contributed by atoms with Crippen molar-refractivity contribution in [3.05, 3.63) is 12.2 Å². The van der Waals surface area contributed by atoms with E-state index in [1.165, 1.54) is 5.57 Å². The summed E-state index contributed by atoms with van der Waals surface area (Å²) in [6.45, 7) is 10.6. The molecule has 0 aromatic rings. The van der Waals surface area contributed by atoms with Gasteiger partial charge < -0.3 is 14.9 Å². The Kier molecular flexibility index (Phi) is 7.78. The number of allylic oxidation sites excluding steroid dienone is 1. The Bertz CT molecular complexity index is 284. The van der Waals surface area contributed by atoms with Gasteiger partial charge in [-0.25, -0.2) is 0 Å². The molecule has 0 spiro atoms. The van der Waals surface area contributed by atoms with E-state index in [-0.39, 0.29) is 24.7 Å². The van der Waals surface area contributed by atoms with Crippen LogP contribution in [0, 0.1) is 11.8 Å². The number of hydrogen-bond acceptors (Lipinski definition) is 3. The molecule has 0 aromatic heterocycles. The van der Waals surface area contributed by atoms with Crippen molar-refractivity contribution >= 4 is 0 Å². The molecule has 3 heteroatoms. The van der Waals surface area contributed by atoms with Crippen LogP contribution in [0.25, 0.3) is 0 Å². The molecule has 0 saturated carbocycles. The zero-order chi connectivity index (χ0) is 15.1. The summed E-state index contributed by atoms with van der Waals surface area (Å²) in [6.07, 6.45) is 5.44. The molecular formula is C17H32O3. The molecule has 1 aliphatic rings. The number of hydrogen-bond donors (Lipinski definition) is 2. The number of aliphatic hydroxyl groups is 2. The first-order valence-corrected chi connectivity index (χ1v) is 8.15. The molecule has 4 unspecified atom stereocenters. The summed E-state index contributed by atoms with van der Waals surface area (Å²) < 4.78 is 5.77. The standard InChI is InChI=1S/C17H32O3/c1-5-7-14(8-6-2)12(3)9-15-16(19)10-13(4)20-17(15)11-18/h13-19H,3,5-11H2,1-2,4H3. The second-order valence-corrected chi connectivity index (χ2v) is 6.27. The highest BCUT2D eigenvalue weighted by atomic mass is 16.5. The van der Waals surface area contributed by atoms with E-state index >= 15 is 0 Å². The summed E-state index contributed by atoms with van der Waals surface area (Å²) in [5, 5.41) is 19.8. The highest BCUT2D eigenvalue weighted by Gasteiger charge is 2.36. The number of aliphatic hydroxyl groups excluding tert-OH is 2. The number of ether oxygens (including phenoxy) is 1. The molecule has 1 saturated heterocycles. The van der Waals surface area contributed by atoms with Gasteiger partial charge in [-0.05, 0) is 38.5 Å². The Balaban J connectivity index is 2.65. The second kappa shape index (κ2) is 8.81. The third-order valence-corrected chi connectivity index (χ3v) is 4.48. The van der Waals surface area contributed by atoms with Crippen LogP contribution in [-0.4, -0.2) is 35.1 Å². The zero-order valence-electron chi connectivity index (χ0n) is 13.3. The summed E-state index contributed by atoms with van der Waals surface area (Å²) in [5.41, 5.74) is 1.22. The first-order chi connectivity index (χ1) is 9.53. The molecule has 0 aromatic carbocycles. The molecule has 0 aliphatic carbocycles. The molecule has 1 aliphatic heterocycles. The number of rotatable bonds is 8. The average molecular weight is 284 g/mol. The Hall–Kier alpha value is -0.380. The van der Waals surface area contributed by atoms with E-state index in [0.29, 0.717) is 12.3 Å². The zero-order valence-corrected chi connectivity index (χ0v) is 13.3. The van der Waals surface area contributed by atoms with Crippen molar-refractivity contribution in [1.82, 2.24) is 0 Å². The van der Waals surface area contributed by atoms with Gasteiger partial charge in [0.05, 0.1) is 24.9 Å². The summed E-state index contributed by atoms with van der Waals surface area (Å²) in [5.74, 6) is 0.524. The van der Waals surface area contributed by atoms with Crippen LogP contribution in [0.5, 0.6) is 0 Å². The molecule has 1 heterocycles. The molecule has 118 valence electrons. The van der Waals surface area contributed by atoms with Gasteiger partial charge in [0.15, 0.2) is 0 Å². The van der Waals surface area contributed by atoms with Crippen LogP contribution in [0.2, 0.25) is 0 Å². The first-order valence-electron chi connectivity index (χ1n) is 8.15. The topological polar surface area (TPSA) is 49.7 Å². The van der Waals surface area contributed by atoms with Gasteiger partial charge in [0, 0.05) is 5.92 Å². The van der Waals surface area contributed by atoms with Gasteiger partial charge in [-0.3, -0.25) is 0 Å². The Labute approximate surface area is 124 Å². The van der Waals surface area contributed by atoms with Gasteiger partial charge in [-0.1, -0.05) is 38.8 Å². The Morgan fingerprint density at radius 2 is 1.90 bits per heavy atom. The van der Waals surface area contributed by atoms with Gasteiger partial charge in [0.1, 0.15) is 0 Å². The normalized spacial score (nSPS) is 30.7. The summed E-state index contributed by atoms with van der Waals surface area (Å²) >= 11 is 0. The minimum Gasteiger partial charge on any atom is -0.394 e. The highest BCUT2D eigenvalue weighted by molar-refractivity contribution is 5.04. The molecule has 0 amide bonds. The van der Waals surface area contributed by atoms with Crippen molar-refractivity contribution in [3.63, 3.8) is 0 Å². The van der Waals surface area contributed by atoms with Crippen LogP contribution in [0.1, 0.15) is 59.3 Å². The minimum absolute atomic E-state index is 0.0140. The van der Waals surface area contributed by atoms with E-state index in [0.717, 1.165) is 32.1 Å². The van der Waals surface area contributed by atoms with Crippen molar-refractivity contribution < 1.29 is 14.9 Å². The van der Waals surface area contributed by atoms with Crippen LogP contribution in [0.15, 0.2) is 12.2 Å². The van der Waals surface area contributed by atoms with Crippen LogP contribution in [0.3, 0.4) is 0 Å². The molecule has 3 nitrogen and oxygen atoms in total. The van der Waals surface area contributed by atoms with E-state index in [1.54, 1.807) is 0 Å². The van der Waals surface area contributed by atoms with Gasteiger partial charge in [-0.2, -0.15) is 0 Å². The van der Waals surface area contributed by atoms with Crippen LogP contribution in [-0.2, 0) is 4.74 Å². The van der Waals surface area contributed by atoms with Gasteiger partial charge >= 0.3 is 0 Å². The largest absolute Gasteiger partial charge is 0.394 e. The lowest BCUT2D eigenvalue weighted by Gasteiger charge is -2.39. The third kappa shape index (κ3) is 4.87. The quantitative estimate of drug-likeness (QED) is 0.672. The van der Waals surface area contributed by atoms with E-state index < -0.39 is 6.10 Å². The maximum absolute atomic E-state index is 10.3. The lowest BCUT2D eigenvalue weighted by Crippen LogP contribution is -2.45. The molecule has 20 heavy (non-hydrogen) atoms. The second-order valence-electron chi connectivity index (χ2n) is 6.27. The predicted molar refractivity (Wildman–Crippen MR) is 82.6 cm³/mol. The van der Waals surface area contributed by atoms with Crippen LogP contribution >= 0.6 is 0 Å². The lowest BCUT2D eigenvalue weighted by molar-refractivity contribution is -0.143. The van der Waals surface area contributed by atoms with Gasteiger partial charge in [0.2, 0.25) is 0 Å². The van der Waals surface area contributed by atoms with E-state index in [2.05, 4.69) is 20.4 Å². The molecule has 0 bridgehead atoms. The average Bonchev–Trinajstić information content (AvgIpc) is 2.41. The smallest absolute Gasteiger partial charge is 0.0865 e. The predicted octanol–water partition coefficient (Wildman–Crippen LogP) is 3.30. The van der Waals surface area contributed by atoms with Crippen molar-refractivity contribution in [2.24, 2.45) is 11.8 Å². The molecular weight excluding hydrogens is 252 g/mol. The summed E-state index contributed by atoms with van der Waals surface area (Å²) in [6, 6.07) is 0. The highest BCUT2D eigenvalue weighted by Crippen LogP contribution is 2.34. The maximum atomic E-state index is 10.3. The molecule has 1 rings (SSSR count). The van der Waals surface area contributed by atoms with Crippen LogP contribution in [0.4, 0.5) is 0 Å². The Morgan fingerprint density at radius 3 is 2.40 bits per heavy atom. The third-order valence-electron chi connectivity index (χ3n) is 4.48. The van der Waals surface area contributed by atoms with Crippen molar-refractivity contribution in [2.45, 2.75) is 77.6 Å². The molecule has 1 fully saturated rings. The lowest BCUT2D eigenvalue weighted by atomic mass is 9.79. The van der Waals surface area contributed by atoms with E-state index in [9.17, 15) is 10.2 Å². The fraction of sp³-hybridized carbons (Fsp3) is 0.882. The van der Waals surface area contributed by atoms with E-state index in [4.69, 9.17) is 4.74 Å². The Morgan fingerprint density at radius 1 is 1.30 bits per heavy atom. The molecule has 2 N–H and O–H groups in total. The minimum atomic E-state index is -0.392. The maximum Gasteiger partial charge on any atom is 0.0865 e.